The van der Waals surface area contributed by atoms with E-state index in [2.05, 4.69) is 26.4 Å². The minimum atomic E-state index is 0.376. The normalized spacial score (nSPS) is 17.1. The fourth-order valence-electron chi connectivity index (χ4n) is 2.81. The van der Waals surface area contributed by atoms with Crippen LogP contribution in [0.25, 0.3) is 5.69 Å². The zero-order chi connectivity index (χ0) is 16.4. The van der Waals surface area contributed by atoms with E-state index in [1.165, 1.54) is 0 Å². The highest BCUT2D eigenvalue weighted by Crippen LogP contribution is 2.27. The molecular formula is C18H19N5O. The third-order valence-electron chi connectivity index (χ3n) is 4.23. The molecule has 2 aromatic heterocycles. The quantitative estimate of drug-likeness (QED) is 0.799. The van der Waals surface area contributed by atoms with Gasteiger partial charge in [0.1, 0.15) is 6.33 Å². The van der Waals surface area contributed by atoms with Gasteiger partial charge in [-0.2, -0.15) is 4.98 Å². The van der Waals surface area contributed by atoms with Crippen LogP contribution in [0.4, 0.5) is 11.6 Å². The summed E-state index contributed by atoms with van der Waals surface area (Å²) >= 11 is 0. The Kier molecular flexibility index (Phi) is 3.96. The van der Waals surface area contributed by atoms with E-state index in [1.54, 1.807) is 11.0 Å². The number of benzene rings is 1. The number of ether oxygens (including phenoxy) is 1. The van der Waals surface area contributed by atoms with Crippen LogP contribution in [0.1, 0.15) is 23.6 Å². The molecule has 1 aliphatic heterocycles. The van der Waals surface area contributed by atoms with Gasteiger partial charge in [-0.15, -0.1) is 5.10 Å². The van der Waals surface area contributed by atoms with Gasteiger partial charge in [0.25, 0.3) is 0 Å². The zero-order valence-corrected chi connectivity index (χ0v) is 13.5. The number of anilines is 2. The van der Waals surface area contributed by atoms with E-state index in [9.17, 15) is 0 Å². The van der Waals surface area contributed by atoms with Crippen molar-refractivity contribution in [2.24, 2.45) is 0 Å². The Bertz CT molecular complexity index is 824. The molecule has 1 N–H and O–H groups in total. The molecule has 1 aliphatic rings. The minimum Gasteiger partial charge on any atom is -0.381 e. The molecule has 3 aromatic rings. The average molecular weight is 321 g/mol. The van der Waals surface area contributed by atoms with Crippen LogP contribution in [0.3, 0.4) is 0 Å². The van der Waals surface area contributed by atoms with E-state index in [0.29, 0.717) is 11.9 Å². The number of pyridine rings is 1. The molecule has 1 aromatic carbocycles. The summed E-state index contributed by atoms with van der Waals surface area (Å²) in [5.74, 6) is 0.947. The molecule has 24 heavy (non-hydrogen) atoms. The Hall–Kier alpha value is -2.73. The first-order valence-corrected chi connectivity index (χ1v) is 8.08. The highest BCUT2D eigenvalue weighted by atomic mass is 16.5. The molecule has 1 unspecified atom stereocenters. The van der Waals surface area contributed by atoms with Crippen molar-refractivity contribution >= 4 is 11.6 Å². The predicted molar refractivity (Wildman–Crippen MR) is 91.8 cm³/mol. The minimum absolute atomic E-state index is 0.376. The summed E-state index contributed by atoms with van der Waals surface area (Å²) in [6, 6.07) is 12.0. The van der Waals surface area contributed by atoms with Gasteiger partial charge in [0.15, 0.2) is 0 Å². The van der Waals surface area contributed by atoms with E-state index in [4.69, 9.17) is 4.74 Å². The molecule has 4 rings (SSSR count). The van der Waals surface area contributed by atoms with E-state index in [-0.39, 0.29) is 0 Å². The van der Waals surface area contributed by atoms with Crippen molar-refractivity contribution in [2.45, 2.75) is 19.3 Å². The highest BCUT2D eigenvalue weighted by molar-refractivity contribution is 5.58. The summed E-state index contributed by atoms with van der Waals surface area (Å²) in [6.45, 7) is 3.58. The largest absolute Gasteiger partial charge is 0.381 e. The Balaban J connectivity index is 1.57. The second-order valence-corrected chi connectivity index (χ2v) is 5.96. The van der Waals surface area contributed by atoms with Crippen molar-refractivity contribution in [1.29, 1.82) is 0 Å². The van der Waals surface area contributed by atoms with E-state index < -0.39 is 0 Å². The van der Waals surface area contributed by atoms with Gasteiger partial charge in [0, 0.05) is 30.1 Å². The van der Waals surface area contributed by atoms with E-state index in [0.717, 1.165) is 42.3 Å². The number of hydrogen-bond donors (Lipinski definition) is 1. The van der Waals surface area contributed by atoms with Crippen molar-refractivity contribution in [3.05, 3.63) is 60.2 Å². The number of nitrogens with one attached hydrogen (secondary N) is 1. The summed E-state index contributed by atoms with van der Waals surface area (Å²) in [4.78, 5) is 8.90. The van der Waals surface area contributed by atoms with Crippen LogP contribution in [0, 0.1) is 6.92 Å². The molecule has 0 bridgehead atoms. The molecule has 1 atom stereocenters. The molecule has 0 saturated carbocycles. The van der Waals surface area contributed by atoms with Gasteiger partial charge >= 0.3 is 0 Å². The lowest BCUT2D eigenvalue weighted by molar-refractivity contribution is 0.193. The maximum Gasteiger partial charge on any atom is 0.246 e. The molecule has 6 heteroatoms. The average Bonchev–Trinajstić information content (AvgIpc) is 3.29. The number of nitrogens with zero attached hydrogens (tertiary/aromatic N) is 4. The van der Waals surface area contributed by atoms with Gasteiger partial charge in [0.2, 0.25) is 5.95 Å². The third-order valence-corrected chi connectivity index (χ3v) is 4.23. The van der Waals surface area contributed by atoms with Crippen molar-refractivity contribution < 1.29 is 4.74 Å². The van der Waals surface area contributed by atoms with Crippen molar-refractivity contribution in [1.82, 2.24) is 19.7 Å². The maximum atomic E-state index is 5.46. The first-order valence-electron chi connectivity index (χ1n) is 8.08. The lowest BCUT2D eigenvalue weighted by Gasteiger charge is -2.11. The second kappa shape index (κ2) is 6.41. The monoisotopic (exact) mass is 321 g/mol. The summed E-state index contributed by atoms with van der Waals surface area (Å²) in [5, 5.41) is 7.80. The molecule has 3 heterocycles. The van der Waals surface area contributed by atoms with Crippen LogP contribution < -0.4 is 5.32 Å². The zero-order valence-electron chi connectivity index (χ0n) is 13.5. The third kappa shape index (κ3) is 3.00. The smallest absolute Gasteiger partial charge is 0.246 e. The van der Waals surface area contributed by atoms with Gasteiger partial charge in [-0.3, -0.25) is 4.98 Å². The van der Waals surface area contributed by atoms with Crippen LogP contribution in [0.5, 0.6) is 0 Å². The van der Waals surface area contributed by atoms with Crippen LogP contribution in [-0.4, -0.2) is 33.0 Å². The summed E-state index contributed by atoms with van der Waals surface area (Å²) in [6.07, 6.45) is 4.63. The summed E-state index contributed by atoms with van der Waals surface area (Å²) in [7, 11) is 0. The first kappa shape index (κ1) is 14.8. The van der Waals surface area contributed by atoms with Crippen molar-refractivity contribution in [2.75, 3.05) is 18.5 Å². The Labute approximate surface area is 140 Å². The lowest BCUT2D eigenvalue weighted by Crippen LogP contribution is -2.04. The van der Waals surface area contributed by atoms with Crippen LogP contribution in [0.2, 0.25) is 0 Å². The molecule has 6 nitrogen and oxygen atoms in total. The Morgan fingerprint density at radius 1 is 1.21 bits per heavy atom. The SMILES string of the molecule is Cc1cnc(C2CCOC2)cc1Nc1ncn(-c2ccccc2)n1. The van der Waals surface area contributed by atoms with Crippen LogP contribution in [-0.2, 0) is 4.74 Å². The van der Waals surface area contributed by atoms with Crippen molar-refractivity contribution in [3.63, 3.8) is 0 Å². The fourth-order valence-corrected chi connectivity index (χ4v) is 2.81. The molecule has 122 valence electrons. The topological polar surface area (TPSA) is 64.9 Å². The predicted octanol–water partition coefficient (Wildman–Crippen LogP) is 3.22. The second-order valence-electron chi connectivity index (χ2n) is 5.96. The van der Waals surface area contributed by atoms with Crippen LogP contribution >= 0.6 is 0 Å². The van der Waals surface area contributed by atoms with E-state index >= 15 is 0 Å². The number of aryl methyl sites for hydroxylation is 1. The molecular weight excluding hydrogens is 302 g/mol. The lowest BCUT2D eigenvalue weighted by atomic mass is 10.0. The highest BCUT2D eigenvalue weighted by Gasteiger charge is 2.20. The van der Waals surface area contributed by atoms with Crippen molar-refractivity contribution in [3.8, 4) is 5.69 Å². The Morgan fingerprint density at radius 2 is 2.08 bits per heavy atom. The molecule has 1 saturated heterocycles. The molecule has 0 amide bonds. The van der Waals surface area contributed by atoms with E-state index in [1.807, 2.05) is 43.5 Å². The molecule has 0 aliphatic carbocycles. The molecule has 0 spiro atoms. The first-order chi connectivity index (χ1) is 11.8. The molecule has 1 fully saturated rings. The number of para-hydroxylation sites is 1. The van der Waals surface area contributed by atoms with Gasteiger partial charge in [0.05, 0.1) is 12.3 Å². The number of hydrogen-bond acceptors (Lipinski definition) is 5. The van der Waals surface area contributed by atoms with Crippen LogP contribution in [0.15, 0.2) is 48.9 Å². The van der Waals surface area contributed by atoms with Gasteiger partial charge in [-0.1, -0.05) is 18.2 Å². The van der Waals surface area contributed by atoms with Gasteiger partial charge in [-0.05, 0) is 37.1 Å². The standard InChI is InChI=1S/C18H19N5O/c1-13-10-19-17(14-7-8-24-11-14)9-16(13)21-18-20-12-23(22-18)15-5-3-2-4-6-15/h2-6,9-10,12,14H,7-8,11H2,1H3,(H,19,21,22). The number of aromatic nitrogens is 4. The van der Waals surface area contributed by atoms with Gasteiger partial charge < -0.3 is 10.1 Å². The molecule has 0 radical (unpaired) electrons. The maximum absolute atomic E-state index is 5.46. The fraction of sp³-hybridized carbons (Fsp3) is 0.278. The Morgan fingerprint density at radius 3 is 2.88 bits per heavy atom. The van der Waals surface area contributed by atoms with Gasteiger partial charge in [-0.25, -0.2) is 4.68 Å². The number of rotatable bonds is 4. The summed E-state index contributed by atoms with van der Waals surface area (Å²) < 4.78 is 7.22. The summed E-state index contributed by atoms with van der Waals surface area (Å²) in [5.41, 5.74) is 4.09.